The number of anilines is 1. The maximum atomic E-state index is 13.8. The van der Waals surface area contributed by atoms with Crippen molar-refractivity contribution in [2.75, 3.05) is 5.32 Å². The number of aromatic amines is 1. The highest BCUT2D eigenvalue weighted by Crippen LogP contribution is 2.35. The van der Waals surface area contributed by atoms with Crippen LogP contribution in [0.3, 0.4) is 0 Å². The van der Waals surface area contributed by atoms with Gasteiger partial charge in [0.05, 0.1) is 12.4 Å². The Balaban J connectivity index is 1.78. The van der Waals surface area contributed by atoms with Crippen molar-refractivity contribution in [1.29, 1.82) is 0 Å². The summed E-state index contributed by atoms with van der Waals surface area (Å²) in [5.41, 5.74) is 4.92. The Morgan fingerprint density at radius 2 is 2.00 bits per heavy atom. The molecule has 0 fully saturated rings. The summed E-state index contributed by atoms with van der Waals surface area (Å²) >= 11 is 6.38. The summed E-state index contributed by atoms with van der Waals surface area (Å²) < 4.78 is 13.8. The lowest BCUT2D eigenvalue weighted by molar-refractivity contribution is 0.628. The summed E-state index contributed by atoms with van der Waals surface area (Å²) in [7, 11) is 0. The fraction of sp³-hybridized carbons (Fsp3) is 0.150. The molecule has 0 aliphatic rings. The molecule has 4 rings (SSSR count). The number of hydrogen-bond acceptors (Lipinski definition) is 4. The number of nitrogens with zero attached hydrogens (tertiary/aromatic N) is 3. The summed E-state index contributed by atoms with van der Waals surface area (Å²) in [6.45, 7) is 3.94. The van der Waals surface area contributed by atoms with Crippen molar-refractivity contribution in [2.24, 2.45) is 0 Å². The van der Waals surface area contributed by atoms with Gasteiger partial charge in [0.25, 0.3) is 0 Å². The van der Waals surface area contributed by atoms with Crippen LogP contribution in [0.1, 0.15) is 24.1 Å². The molecular weight excluding hydrogens is 365 g/mol. The summed E-state index contributed by atoms with van der Waals surface area (Å²) in [5, 5.41) is 4.03. The number of rotatable bonds is 4. The van der Waals surface area contributed by atoms with E-state index in [1.165, 1.54) is 18.5 Å². The zero-order chi connectivity index (χ0) is 19.0. The van der Waals surface area contributed by atoms with Crippen LogP contribution in [0.2, 0.25) is 5.02 Å². The van der Waals surface area contributed by atoms with E-state index >= 15 is 0 Å². The van der Waals surface area contributed by atoms with Gasteiger partial charge in [-0.25, -0.2) is 19.3 Å². The van der Waals surface area contributed by atoms with E-state index in [4.69, 9.17) is 11.6 Å². The monoisotopic (exact) mass is 381 g/mol. The molecule has 0 amide bonds. The minimum Gasteiger partial charge on any atom is -0.362 e. The fourth-order valence-electron chi connectivity index (χ4n) is 3.11. The Kier molecular flexibility index (Phi) is 4.49. The van der Waals surface area contributed by atoms with Crippen molar-refractivity contribution in [3.05, 3.63) is 71.0 Å². The van der Waals surface area contributed by atoms with Gasteiger partial charge in [0.15, 0.2) is 11.5 Å². The molecule has 0 aliphatic heterocycles. The van der Waals surface area contributed by atoms with Crippen LogP contribution in [0.5, 0.6) is 0 Å². The van der Waals surface area contributed by atoms with E-state index in [9.17, 15) is 4.39 Å². The maximum absolute atomic E-state index is 13.8. The number of benzene rings is 2. The number of imidazole rings is 1. The topological polar surface area (TPSA) is 66.5 Å². The standard InChI is InChI=1S/C20H17ClFN5/c1-11-6-16(13-4-3-5-14(22)7-13)15(8-17(11)21)12(2)27-20-18-19(24-9-23-18)25-10-26-20/h3-10,12H,1-2H3,(H2,23,24,25,26,27). The van der Waals surface area contributed by atoms with Crippen LogP contribution in [0.15, 0.2) is 49.1 Å². The molecule has 0 radical (unpaired) electrons. The maximum Gasteiger partial charge on any atom is 0.162 e. The van der Waals surface area contributed by atoms with Gasteiger partial charge in [0.2, 0.25) is 0 Å². The van der Waals surface area contributed by atoms with Crippen molar-refractivity contribution in [2.45, 2.75) is 19.9 Å². The van der Waals surface area contributed by atoms with E-state index in [0.717, 1.165) is 22.3 Å². The molecule has 2 heterocycles. The summed E-state index contributed by atoms with van der Waals surface area (Å²) in [6.07, 6.45) is 3.06. The minimum absolute atomic E-state index is 0.142. The number of fused-ring (bicyclic) bond motifs is 1. The van der Waals surface area contributed by atoms with E-state index in [2.05, 4.69) is 25.3 Å². The lowest BCUT2D eigenvalue weighted by Crippen LogP contribution is -2.10. The summed E-state index contributed by atoms with van der Waals surface area (Å²) in [5.74, 6) is 0.344. The van der Waals surface area contributed by atoms with E-state index in [1.807, 2.05) is 32.0 Å². The van der Waals surface area contributed by atoms with Crippen LogP contribution >= 0.6 is 11.6 Å². The molecule has 0 saturated carbocycles. The molecule has 7 heteroatoms. The molecule has 0 aliphatic carbocycles. The molecule has 4 aromatic rings. The number of aryl methyl sites for hydroxylation is 1. The van der Waals surface area contributed by atoms with Gasteiger partial charge in [-0.1, -0.05) is 23.7 Å². The summed E-state index contributed by atoms with van der Waals surface area (Å²) in [4.78, 5) is 15.7. The van der Waals surface area contributed by atoms with Crippen LogP contribution < -0.4 is 5.32 Å². The first-order chi connectivity index (χ1) is 13.0. The molecule has 2 aromatic heterocycles. The average molecular weight is 382 g/mol. The average Bonchev–Trinajstić information content (AvgIpc) is 3.13. The second kappa shape index (κ2) is 6.96. The fourth-order valence-corrected chi connectivity index (χ4v) is 3.29. The quantitative estimate of drug-likeness (QED) is 0.503. The van der Waals surface area contributed by atoms with Crippen LogP contribution in [0.4, 0.5) is 10.2 Å². The lowest BCUT2D eigenvalue weighted by Gasteiger charge is -2.20. The Labute approximate surface area is 160 Å². The van der Waals surface area contributed by atoms with Gasteiger partial charge in [-0.05, 0) is 60.4 Å². The zero-order valence-electron chi connectivity index (χ0n) is 14.8. The Morgan fingerprint density at radius 3 is 2.81 bits per heavy atom. The van der Waals surface area contributed by atoms with Gasteiger partial charge in [0, 0.05) is 5.02 Å². The summed E-state index contributed by atoms with van der Waals surface area (Å²) in [6, 6.07) is 10.3. The van der Waals surface area contributed by atoms with E-state index in [1.54, 1.807) is 12.4 Å². The van der Waals surface area contributed by atoms with Crippen molar-refractivity contribution in [3.8, 4) is 11.1 Å². The highest BCUT2D eigenvalue weighted by Gasteiger charge is 2.17. The Morgan fingerprint density at radius 1 is 1.15 bits per heavy atom. The minimum atomic E-state index is -0.277. The first-order valence-electron chi connectivity index (χ1n) is 8.49. The van der Waals surface area contributed by atoms with Crippen LogP contribution in [0.25, 0.3) is 22.3 Å². The molecule has 0 saturated heterocycles. The molecule has 5 nitrogen and oxygen atoms in total. The highest BCUT2D eigenvalue weighted by atomic mass is 35.5. The van der Waals surface area contributed by atoms with Crippen LogP contribution in [0, 0.1) is 12.7 Å². The molecule has 1 atom stereocenters. The van der Waals surface area contributed by atoms with E-state index in [-0.39, 0.29) is 11.9 Å². The predicted molar refractivity (Wildman–Crippen MR) is 105 cm³/mol. The zero-order valence-corrected chi connectivity index (χ0v) is 15.5. The molecule has 2 N–H and O–H groups in total. The molecule has 27 heavy (non-hydrogen) atoms. The van der Waals surface area contributed by atoms with Crippen molar-refractivity contribution >= 4 is 28.6 Å². The number of nitrogens with one attached hydrogen (secondary N) is 2. The second-order valence-corrected chi connectivity index (χ2v) is 6.79. The predicted octanol–water partition coefficient (Wildman–Crippen LogP) is 5.29. The van der Waals surface area contributed by atoms with Gasteiger partial charge in [0.1, 0.15) is 17.7 Å². The molecule has 136 valence electrons. The van der Waals surface area contributed by atoms with Crippen molar-refractivity contribution < 1.29 is 4.39 Å². The third-order valence-corrected chi connectivity index (χ3v) is 4.91. The second-order valence-electron chi connectivity index (χ2n) is 6.39. The Bertz CT molecular complexity index is 1120. The molecule has 0 spiro atoms. The highest BCUT2D eigenvalue weighted by molar-refractivity contribution is 6.31. The number of halogens is 2. The van der Waals surface area contributed by atoms with E-state index < -0.39 is 0 Å². The third kappa shape index (κ3) is 3.36. The smallest absolute Gasteiger partial charge is 0.162 e. The van der Waals surface area contributed by atoms with Crippen molar-refractivity contribution in [1.82, 2.24) is 19.9 Å². The lowest BCUT2D eigenvalue weighted by atomic mass is 9.93. The number of H-pyrrole nitrogens is 1. The molecule has 2 aromatic carbocycles. The first-order valence-corrected chi connectivity index (χ1v) is 8.87. The third-order valence-electron chi connectivity index (χ3n) is 4.50. The number of hydrogen-bond donors (Lipinski definition) is 2. The van der Waals surface area contributed by atoms with Crippen LogP contribution in [-0.4, -0.2) is 19.9 Å². The number of aromatic nitrogens is 4. The van der Waals surface area contributed by atoms with Crippen LogP contribution in [-0.2, 0) is 0 Å². The normalized spacial score (nSPS) is 12.3. The van der Waals surface area contributed by atoms with Gasteiger partial charge < -0.3 is 10.3 Å². The first kappa shape index (κ1) is 17.4. The van der Waals surface area contributed by atoms with Gasteiger partial charge >= 0.3 is 0 Å². The van der Waals surface area contributed by atoms with Gasteiger partial charge in [-0.3, -0.25) is 0 Å². The van der Waals surface area contributed by atoms with Gasteiger partial charge in [-0.15, -0.1) is 0 Å². The van der Waals surface area contributed by atoms with E-state index in [0.29, 0.717) is 22.0 Å². The Hall–Kier alpha value is -2.99. The molecule has 1 unspecified atom stereocenters. The SMILES string of the molecule is Cc1cc(-c2cccc(F)c2)c(C(C)Nc2ncnc3[nH]cnc23)cc1Cl. The molecular formula is C20H17ClFN5. The van der Waals surface area contributed by atoms with Gasteiger partial charge in [-0.2, -0.15) is 0 Å². The molecule has 0 bridgehead atoms. The largest absolute Gasteiger partial charge is 0.362 e. The van der Waals surface area contributed by atoms with Crippen molar-refractivity contribution in [3.63, 3.8) is 0 Å².